The van der Waals surface area contributed by atoms with E-state index in [2.05, 4.69) is 24.0 Å². The SMILES string of the molecule is CC1CCN(C(CC(=N)N)c2ccccc2)C1CO. The van der Waals surface area contributed by atoms with Crippen LogP contribution in [-0.2, 0) is 0 Å². The van der Waals surface area contributed by atoms with Crippen LogP contribution in [-0.4, -0.2) is 35.0 Å². The number of hydrogen-bond acceptors (Lipinski definition) is 3. The predicted molar refractivity (Wildman–Crippen MR) is 77.1 cm³/mol. The third-order valence-electron chi connectivity index (χ3n) is 4.11. The molecule has 0 aromatic heterocycles. The zero-order valence-corrected chi connectivity index (χ0v) is 11.4. The highest BCUT2D eigenvalue weighted by molar-refractivity contribution is 5.77. The number of aliphatic hydroxyl groups is 1. The number of aliphatic hydroxyl groups excluding tert-OH is 1. The second kappa shape index (κ2) is 6.17. The minimum atomic E-state index is 0.0980. The Balaban J connectivity index is 2.25. The Bertz CT molecular complexity index is 421. The van der Waals surface area contributed by atoms with Crippen molar-refractivity contribution >= 4 is 5.84 Å². The van der Waals surface area contributed by atoms with Crippen molar-refractivity contribution in [1.82, 2.24) is 4.90 Å². The lowest BCUT2D eigenvalue weighted by molar-refractivity contribution is 0.104. The molecule has 104 valence electrons. The first kappa shape index (κ1) is 14.0. The van der Waals surface area contributed by atoms with Crippen molar-refractivity contribution in [2.45, 2.75) is 31.8 Å². The average molecular weight is 261 g/mol. The molecular formula is C15H23N3O. The van der Waals surface area contributed by atoms with Gasteiger partial charge in [0.25, 0.3) is 0 Å². The maximum absolute atomic E-state index is 9.61. The van der Waals surface area contributed by atoms with Gasteiger partial charge in [-0.05, 0) is 24.4 Å². The minimum absolute atomic E-state index is 0.0980. The molecule has 0 bridgehead atoms. The third kappa shape index (κ3) is 3.14. The highest BCUT2D eigenvalue weighted by atomic mass is 16.3. The molecule has 0 spiro atoms. The summed E-state index contributed by atoms with van der Waals surface area (Å²) in [7, 11) is 0. The van der Waals surface area contributed by atoms with Gasteiger partial charge >= 0.3 is 0 Å². The number of hydrogen-bond donors (Lipinski definition) is 3. The molecule has 4 N–H and O–H groups in total. The average Bonchev–Trinajstić information content (AvgIpc) is 2.77. The summed E-state index contributed by atoms with van der Waals surface area (Å²) in [5.41, 5.74) is 6.79. The van der Waals surface area contributed by atoms with Crippen LogP contribution in [0.15, 0.2) is 30.3 Å². The van der Waals surface area contributed by atoms with Crippen molar-refractivity contribution in [3.63, 3.8) is 0 Å². The Labute approximate surface area is 114 Å². The van der Waals surface area contributed by atoms with Crippen LogP contribution < -0.4 is 5.73 Å². The van der Waals surface area contributed by atoms with Crippen LogP contribution >= 0.6 is 0 Å². The molecule has 0 amide bonds. The first-order valence-electron chi connectivity index (χ1n) is 6.88. The van der Waals surface area contributed by atoms with Gasteiger partial charge in [-0.25, -0.2) is 0 Å². The van der Waals surface area contributed by atoms with E-state index in [9.17, 15) is 5.11 Å². The van der Waals surface area contributed by atoms with Crippen molar-refractivity contribution in [2.24, 2.45) is 11.7 Å². The Morgan fingerprint density at radius 2 is 2.16 bits per heavy atom. The molecule has 1 heterocycles. The molecule has 1 fully saturated rings. The number of amidine groups is 1. The molecule has 0 aliphatic carbocycles. The quantitative estimate of drug-likeness (QED) is 0.558. The highest BCUT2D eigenvalue weighted by Gasteiger charge is 2.35. The van der Waals surface area contributed by atoms with Gasteiger partial charge in [-0.15, -0.1) is 0 Å². The van der Waals surface area contributed by atoms with Gasteiger partial charge in [0.05, 0.1) is 12.4 Å². The van der Waals surface area contributed by atoms with E-state index in [4.69, 9.17) is 11.1 Å². The predicted octanol–water partition coefficient (Wildman–Crippen LogP) is 1.76. The van der Waals surface area contributed by atoms with Crippen molar-refractivity contribution in [3.8, 4) is 0 Å². The van der Waals surface area contributed by atoms with E-state index in [1.165, 1.54) is 5.56 Å². The van der Waals surface area contributed by atoms with Gasteiger partial charge in [0.15, 0.2) is 0 Å². The lowest BCUT2D eigenvalue weighted by Gasteiger charge is -2.33. The van der Waals surface area contributed by atoms with Gasteiger partial charge in [0.2, 0.25) is 0 Å². The maximum atomic E-state index is 9.61. The lowest BCUT2D eigenvalue weighted by Crippen LogP contribution is -2.39. The molecule has 3 atom stereocenters. The third-order valence-corrected chi connectivity index (χ3v) is 4.11. The summed E-state index contributed by atoms with van der Waals surface area (Å²) in [6.45, 7) is 3.30. The number of benzene rings is 1. The molecule has 1 saturated heterocycles. The fraction of sp³-hybridized carbons (Fsp3) is 0.533. The Hall–Kier alpha value is -1.39. The van der Waals surface area contributed by atoms with Crippen molar-refractivity contribution in [3.05, 3.63) is 35.9 Å². The lowest BCUT2D eigenvalue weighted by atomic mass is 9.98. The number of nitrogens with one attached hydrogen (secondary N) is 1. The zero-order valence-electron chi connectivity index (χ0n) is 11.4. The van der Waals surface area contributed by atoms with Gasteiger partial charge in [0.1, 0.15) is 0 Å². The van der Waals surface area contributed by atoms with Gasteiger partial charge in [-0.3, -0.25) is 10.3 Å². The van der Waals surface area contributed by atoms with E-state index in [1.54, 1.807) is 0 Å². The molecule has 4 nitrogen and oxygen atoms in total. The summed E-state index contributed by atoms with van der Waals surface area (Å²) in [6, 6.07) is 10.4. The molecule has 1 aliphatic rings. The molecule has 3 unspecified atom stereocenters. The van der Waals surface area contributed by atoms with E-state index in [0.29, 0.717) is 12.3 Å². The zero-order chi connectivity index (χ0) is 13.8. The molecule has 1 aromatic carbocycles. The highest BCUT2D eigenvalue weighted by Crippen LogP contribution is 2.34. The Kier molecular flexibility index (Phi) is 4.56. The second-order valence-electron chi connectivity index (χ2n) is 5.41. The van der Waals surface area contributed by atoms with E-state index >= 15 is 0 Å². The van der Waals surface area contributed by atoms with Gasteiger partial charge in [-0.2, -0.15) is 0 Å². The van der Waals surface area contributed by atoms with Gasteiger partial charge in [0, 0.05) is 18.5 Å². The summed E-state index contributed by atoms with van der Waals surface area (Å²) in [6.07, 6.45) is 1.61. The molecule has 19 heavy (non-hydrogen) atoms. The van der Waals surface area contributed by atoms with Crippen molar-refractivity contribution in [2.75, 3.05) is 13.2 Å². The van der Waals surface area contributed by atoms with E-state index in [-0.39, 0.29) is 24.5 Å². The maximum Gasteiger partial charge on any atom is 0.0924 e. The fourth-order valence-corrected chi connectivity index (χ4v) is 3.02. The standard InChI is InChI=1S/C15H23N3O/c1-11-7-8-18(14(11)10-19)13(9-15(16)17)12-5-3-2-4-6-12/h2-6,11,13-14,19H,7-10H2,1H3,(H3,16,17). The van der Waals surface area contributed by atoms with Crippen LogP contribution in [0.25, 0.3) is 0 Å². The van der Waals surface area contributed by atoms with Crippen LogP contribution in [0, 0.1) is 11.3 Å². The summed E-state index contributed by atoms with van der Waals surface area (Å²) >= 11 is 0. The van der Waals surface area contributed by atoms with Crippen LogP contribution in [0.4, 0.5) is 0 Å². The molecular weight excluding hydrogens is 238 g/mol. The van der Waals surface area contributed by atoms with Crippen LogP contribution in [0.5, 0.6) is 0 Å². The summed E-state index contributed by atoms with van der Waals surface area (Å²) in [5.74, 6) is 0.688. The first-order valence-corrected chi connectivity index (χ1v) is 6.88. The van der Waals surface area contributed by atoms with Crippen molar-refractivity contribution < 1.29 is 5.11 Å². The largest absolute Gasteiger partial charge is 0.395 e. The monoisotopic (exact) mass is 261 g/mol. The number of likely N-dealkylation sites (tertiary alicyclic amines) is 1. The Morgan fingerprint density at radius 1 is 1.47 bits per heavy atom. The summed E-state index contributed by atoms with van der Waals surface area (Å²) in [5, 5.41) is 17.2. The van der Waals surface area contributed by atoms with Gasteiger partial charge < -0.3 is 10.8 Å². The van der Waals surface area contributed by atoms with Crippen LogP contribution in [0.3, 0.4) is 0 Å². The molecule has 0 saturated carbocycles. The second-order valence-corrected chi connectivity index (χ2v) is 5.41. The minimum Gasteiger partial charge on any atom is -0.395 e. The molecule has 2 rings (SSSR count). The normalized spacial score (nSPS) is 25.4. The summed E-state index contributed by atoms with van der Waals surface area (Å²) in [4.78, 5) is 2.31. The van der Waals surface area contributed by atoms with E-state index in [0.717, 1.165) is 13.0 Å². The smallest absolute Gasteiger partial charge is 0.0924 e. The van der Waals surface area contributed by atoms with E-state index in [1.807, 2.05) is 18.2 Å². The number of nitrogens with zero attached hydrogens (tertiary/aromatic N) is 1. The van der Waals surface area contributed by atoms with Crippen molar-refractivity contribution in [1.29, 1.82) is 5.41 Å². The van der Waals surface area contributed by atoms with Crippen LogP contribution in [0.1, 0.15) is 31.4 Å². The molecule has 0 radical (unpaired) electrons. The van der Waals surface area contributed by atoms with Gasteiger partial charge in [-0.1, -0.05) is 37.3 Å². The topological polar surface area (TPSA) is 73.3 Å². The number of nitrogens with two attached hydrogens (primary N) is 1. The Morgan fingerprint density at radius 3 is 2.74 bits per heavy atom. The first-order chi connectivity index (χ1) is 9.13. The molecule has 1 aliphatic heterocycles. The molecule has 1 aromatic rings. The number of rotatable bonds is 5. The van der Waals surface area contributed by atoms with E-state index < -0.39 is 0 Å². The van der Waals surface area contributed by atoms with Crippen LogP contribution in [0.2, 0.25) is 0 Å². The fourth-order valence-electron chi connectivity index (χ4n) is 3.02. The summed E-state index contributed by atoms with van der Waals surface area (Å²) < 4.78 is 0. The molecule has 4 heteroatoms.